The molecule has 0 bridgehead atoms. The van der Waals surface area contributed by atoms with Gasteiger partial charge in [-0.05, 0) is 29.8 Å². The number of hydrogen-bond acceptors (Lipinski definition) is 1. The second kappa shape index (κ2) is 6.00. The summed E-state index contributed by atoms with van der Waals surface area (Å²) in [6.45, 7) is 0. The molecule has 19 heavy (non-hydrogen) atoms. The maximum absolute atomic E-state index is 14.0. The maximum atomic E-state index is 14.0. The molecule has 0 amide bonds. The van der Waals surface area contributed by atoms with E-state index in [0.717, 1.165) is 0 Å². The van der Waals surface area contributed by atoms with Crippen LogP contribution in [0.4, 0.5) is 4.39 Å². The molecule has 0 aliphatic heterocycles. The highest BCUT2D eigenvalue weighted by atomic mass is 35.5. The van der Waals surface area contributed by atoms with Crippen LogP contribution in [0.3, 0.4) is 0 Å². The van der Waals surface area contributed by atoms with Crippen molar-refractivity contribution in [2.75, 3.05) is 7.11 Å². The minimum absolute atomic E-state index is 0.326. The number of benzene rings is 2. The van der Waals surface area contributed by atoms with Crippen molar-refractivity contribution in [3.05, 3.63) is 63.4 Å². The van der Waals surface area contributed by atoms with Gasteiger partial charge in [0.25, 0.3) is 0 Å². The van der Waals surface area contributed by atoms with E-state index in [4.69, 9.17) is 39.5 Å². The lowest BCUT2D eigenvalue weighted by molar-refractivity contribution is 0.411. The normalized spacial score (nSPS) is 12.3. The molecule has 5 heteroatoms. The molecule has 2 aromatic rings. The van der Waals surface area contributed by atoms with E-state index >= 15 is 0 Å². The van der Waals surface area contributed by atoms with Gasteiger partial charge in [-0.3, -0.25) is 0 Å². The minimum atomic E-state index is -0.711. The molecule has 0 aliphatic carbocycles. The molecule has 0 aliphatic rings. The first-order chi connectivity index (χ1) is 9.02. The summed E-state index contributed by atoms with van der Waals surface area (Å²) < 4.78 is 18.9. The lowest BCUT2D eigenvalue weighted by Crippen LogP contribution is -1.98. The summed E-state index contributed by atoms with van der Waals surface area (Å²) in [5, 5.41) is 0.232. The van der Waals surface area contributed by atoms with Gasteiger partial charge >= 0.3 is 0 Å². The van der Waals surface area contributed by atoms with Crippen LogP contribution in [0.25, 0.3) is 0 Å². The van der Waals surface area contributed by atoms with Crippen molar-refractivity contribution in [2.45, 2.75) is 5.38 Å². The van der Waals surface area contributed by atoms with Crippen molar-refractivity contribution in [1.29, 1.82) is 0 Å². The van der Waals surface area contributed by atoms with Gasteiger partial charge in [0.1, 0.15) is 11.6 Å². The SMILES string of the molecule is COc1ccc(C(Cl)c2cc(Cl)ccc2Cl)c(F)c1. The number of methoxy groups -OCH3 is 1. The summed E-state index contributed by atoms with van der Waals surface area (Å²) in [7, 11) is 1.47. The van der Waals surface area contributed by atoms with E-state index in [1.54, 1.807) is 30.3 Å². The molecule has 1 unspecified atom stereocenters. The highest BCUT2D eigenvalue weighted by molar-refractivity contribution is 6.35. The molecule has 1 nitrogen and oxygen atoms in total. The van der Waals surface area contributed by atoms with Crippen LogP contribution in [0.15, 0.2) is 36.4 Å². The zero-order valence-corrected chi connectivity index (χ0v) is 12.2. The predicted octanol–water partition coefficient (Wildman–Crippen LogP) is 5.47. The Morgan fingerprint density at radius 2 is 1.79 bits per heavy atom. The molecule has 100 valence electrons. The lowest BCUT2D eigenvalue weighted by atomic mass is 10.0. The summed E-state index contributed by atoms with van der Waals surface area (Å²) in [5.41, 5.74) is 0.895. The van der Waals surface area contributed by atoms with Gasteiger partial charge in [-0.25, -0.2) is 4.39 Å². The fraction of sp³-hybridized carbons (Fsp3) is 0.143. The molecule has 0 saturated heterocycles. The molecule has 0 N–H and O–H groups in total. The summed E-state index contributed by atoms with van der Waals surface area (Å²) in [5.74, 6) is -0.0160. The Kier molecular flexibility index (Phi) is 4.56. The Labute approximate surface area is 125 Å². The van der Waals surface area contributed by atoms with E-state index in [-0.39, 0.29) is 0 Å². The monoisotopic (exact) mass is 318 g/mol. The fourth-order valence-corrected chi connectivity index (χ4v) is 2.54. The Balaban J connectivity index is 2.43. The van der Waals surface area contributed by atoms with Crippen molar-refractivity contribution in [1.82, 2.24) is 0 Å². The molecular weight excluding hydrogens is 310 g/mol. The Morgan fingerprint density at radius 3 is 2.42 bits per heavy atom. The second-order valence-electron chi connectivity index (χ2n) is 3.92. The molecule has 0 saturated carbocycles. The molecule has 0 fully saturated rings. The number of rotatable bonds is 3. The molecule has 2 aromatic carbocycles. The van der Waals surface area contributed by atoms with Gasteiger partial charge in [0.15, 0.2) is 0 Å². The standard InChI is InChI=1S/C14H10Cl3FO/c1-19-9-3-4-10(13(18)7-9)14(17)11-6-8(15)2-5-12(11)16/h2-7,14H,1H3. The first kappa shape index (κ1) is 14.4. The van der Waals surface area contributed by atoms with Crippen molar-refractivity contribution < 1.29 is 9.13 Å². The highest BCUT2D eigenvalue weighted by Crippen LogP contribution is 2.37. The van der Waals surface area contributed by atoms with E-state index in [0.29, 0.717) is 26.9 Å². The minimum Gasteiger partial charge on any atom is -0.497 e. The Hall–Kier alpha value is -0.960. The fourth-order valence-electron chi connectivity index (χ4n) is 1.72. The zero-order chi connectivity index (χ0) is 14.0. The van der Waals surface area contributed by atoms with Crippen LogP contribution in [-0.2, 0) is 0 Å². The smallest absolute Gasteiger partial charge is 0.131 e. The topological polar surface area (TPSA) is 9.23 Å². The summed E-state index contributed by atoms with van der Waals surface area (Å²) in [6, 6.07) is 9.42. The van der Waals surface area contributed by atoms with Crippen molar-refractivity contribution in [3.63, 3.8) is 0 Å². The number of alkyl halides is 1. The first-order valence-corrected chi connectivity index (χ1v) is 6.64. The van der Waals surface area contributed by atoms with Gasteiger partial charge in [0.2, 0.25) is 0 Å². The Bertz CT molecular complexity index is 601. The molecule has 0 spiro atoms. The highest BCUT2D eigenvalue weighted by Gasteiger charge is 2.18. The maximum Gasteiger partial charge on any atom is 0.131 e. The van der Waals surface area contributed by atoms with Crippen LogP contribution >= 0.6 is 34.8 Å². The summed E-state index contributed by atoms with van der Waals surface area (Å²) in [4.78, 5) is 0. The largest absolute Gasteiger partial charge is 0.497 e. The molecule has 0 radical (unpaired) electrons. The molecular formula is C14H10Cl3FO. The average Bonchev–Trinajstić information content (AvgIpc) is 2.40. The number of ether oxygens (including phenoxy) is 1. The van der Waals surface area contributed by atoms with Crippen molar-refractivity contribution in [2.24, 2.45) is 0 Å². The third-order valence-corrected chi connectivity index (χ3v) is 3.76. The zero-order valence-electron chi connectivity index (χ0n) is 9.96. The summed E-state index contributed by atoms with van der Waals surface area (Å²) in [6.07, 6.45) is 0. The van der Waals surface area contributed by atoms with Crippen molar-refractivity contribution in [3.8, 4) is 5.75 Å². The van der Waals surface area contributed by atoms with E-state index in [9.17, 15) is 4.39 Å². The molecule has 1 atom stereocenters. The summed E-state index contributed by atoms with van der Waals surface area (Å²) >= 11 is 18.3. The van der Waals surface area contributed by atoms with Gasteiger partial charge in [-0.1, -0.05) is 29.3 Å². The quantitative estimate of drug-likeness (QED) is 0.682. The van der Waals surface area contributed by atoms with Crippen LogP contribution in [0.1, 0.15) is 16.5 Å². The third-order valence-electron chi connectivity index (χ3n) is 2.71. The first-order valence-electron chi connectivity index (χ1n) is 5.45. The van der Waals surface area contributed by atoms with Crippen LogP contribution in [0, 0.1) is 5.82 Å². The van der Waals surface area contributed by atoms with Gasteiger partial charge in [-0.2, -0.15) is 0 Å². The molecule has 2 rings (SSSR count). The van der Waals surface area contributed by atoms with E-state index < -0.39 is 11.2 Å². The van der Waals surface area contributed by atoms with Gasteiger partial charge in [-0.15, -0.1) is 11.6 Å². The van der Waals surface area contributed by atoms with Crippen LogP contribution in [0.2, 0.25) is 10.0 Å². The molecule has 0 heterocycles. The van der Waals surface area contributed by atoms with Crippen LogP contribution < -0.4 is 4.74 Å². The van der Waals surface area contributed by atoms with E-state index in [1.807, 2.05) is 0 Å². The Morgan fingerprint density at radius 1 is 1.05 bits per heavy atom. The van der Waals surface area contributed by atoms with Crippen molar-refractivity contribution >= 4 is 34.8 Å². The van der Waals surface area contributed by atoms with Gasteiger partial charge in [0, 0.05) is 21.7 Å². The van der Waals surface area contributed by atoms with Gasteiger partial charge in [0.05, 0.1) is 12.5 Å². The second-order valence-corrected chi connectivity index (χ2v) is 5.20. The third kappa shape index (κ3) is 3.14. The average molecular weight is 320 g/mol. The van der Waals surface area contributed by atoms with Crippen LogP contribution in [-0.4, -0.2) is 7.11 Å². The number of hydrogen-bond donors (Lipinski definition) is 0. The lowest BCUT2D eigenvalue weighted by Gasteiger charge is -2.14. The number of halogens is 4. The van der Waals surface area contributed by atoms with Gasteiger partial charge < -0.3 is 4.74 Å². The predicted molar refractivity (Wildman–Crippen MR) is 77.1 cm³/mol. The van der Waals surface area contributed by atoms with E-state index in [1.165, 1.54) is 13.2 Å². The van der Waals surface area contributed by atoms with E-state index in [2.05, 4.69) is 0 Å². The van der Waals surface area contributed by atoms with Crippen LogP contribution in [0.5, 0.6) is 5.75 Å². The molecule has 0 aromatic heterocycles.